The van der Waals surface area contributed by atoms with Crippen molar-refractivity contribution in [3.05, 3.63) is 35.4 Å². The summed E-state index contributed by atoms with van der Waals surface area (Å²) in [5, 5.41) is 8.84. The maximum Gasteiger partial charge on any atom is 0.210 e. The molecule has 5 nitrogen and oxygen atoms in total. The molecular weight excluding hydrogens is 279 g/mol. The lowest BCUT2D eigenvalue weighted by molar-refractivity contribution is 0.386. The molecule has 0 radical (unpaired) electrons. The van der Waals surface area contributed by atoms with Gasteiger partial charge in [0.1, 0.15) is 0 Å². The van der Waals surface area contributed by atoms with Crippen LogP contribution >= 0.6 is 11.8 Å². The number of hydrogen-bond acceptors (Lipinski definition) is 5. The number of nitrogens with zero attached hydrogens (tertiary/aromatic N) is 3. The second-order valence-corrected chi connectivity index (χ2v) is 5.69. The van der Waals surface area contributed by atoms with Crippen LogP contribution in [-0.2, 0) is 5.75 Å². The Morgan fingerprint density at radius 2 is 2.25 bits per heavy atom. The smallest absolute Gasteiger partial charge is 0.210 e. The van der Waals surface area contributed by atoms with Gasteiger partial charge in [-0.25, -0.2) is 9.07 Å². The molecule has 0 bridgehead atoms. The van der Waals surface area contributed by atoms with Gasteiger partial charge in [0.15, 0.2) is 17.4 Å². The number of halogens is 1. The average Bonchev–Trinajstić information content (AvgIpc) is 3.21. The molecule has 1 aliphatic rings. The molecule has 1 aromatic heterocycles. The van der Waals surface area contributed by atoms with E-state index in [1.165, 1.54) is 24.9 Å². The van der Waals surface area contributed by atoms with Crippen LogP contribution in [0.2, 0.25) is 0 Å². The molecule has 7 heteroatoms. The molecule has 0 saturated heterocycles. The van der Waals surface area contributed by atoms with Crippen LogP contribution in [0.25, 0.3) is 0 Å². The van der Waals surface area contributed by atoms with Gasteiger partial charge in [-0.2, -0.15) is 0 Å². The largest absolute Gasteiger partial charge is 0.494 e. The Labute approximate surface area is 120 Å². The second-order valence-electron chi connectivity index (χ2n) is 4.74. The van der Waals surface area contributed by atoms with E-state index in [-0.39, 0.29) is 11.6 Å². The predicted molar refractivity (Wildman–Crippen MR) is 74.7 cm³/mol. The molecule has 2 N–H and O–H groups in total. The van der Waals surface area contributed by atoms with Gasteiger partial charge in [0, 0.05) is 11.7 Å². The molecule has 1 aromatic carbocycles. The van der Waals surface area contributed by atoms with E-state index >= 15 is 0 Å². The van der Waals surface area contributed by atoms with Crippen LogP contribution in [0.3, 0.4) is 0 Å². The molecule has 0 unspecified atom stereocenters. The normalized spacial score (nSPS) is 14.5. The first-order chi connectivity index (χ1) is 9.69. The number of methoxy groups -OCH3 is 1. The number of hydrogen-bond donors (Lipinski definition) is 1. The van der Waals surface area contributed by atoms with Crippen molar-refractivity contribution >= 4 is 11.8 Å². The summed E-state index contributed by atoms with van der Waals surface area (Å²) in [5.74, 6) is 7.73. The predicted octanol–water partition coefficient (Wildman–Crippen LogP) is 2.31. The number of aromatic nitrogens is 3. The molecule has 1 aliphatic carbocycles. The fraction of sp³-hybridized carbons (Fsp3) is 0.385. The van der Waals surface area contributed by atoms with Gasteiger partial charge in [-0.15, -0.1) is 10.2 Å². The van der Waals surface area contributed by atoms with E-state index in [2.05, 4.69) is 10.2 Å². The summed E-state index contributed by atoms with van der Waals surface area (Å²) in [6.07, 6.45) is 2.26. The Kier molecular flexibility index (Phi) is 3.52. The second kappa shape index (κ2) is 5.32. The zero-order valence-corrected chi connectivity index (χ0v) is 11.9. The highest BCUT2D eigenvalue weighted by atomic mass is 32.2. The molecule has 2 aromatic rings. The third kappa shape index (κ3) is 2.58. The van der Waals surface area contributed by atoms with Crippen LogP contribution in [0.1, 0.15) is 30.1 Å². The first-order valence-corrected chi connectivity index (χ1v) is 7.33. The quantitative estimate of drug-likeness (QED) is 0.677. The number of rotatable bonds is 5. The van der Waals surface area contributed by atoms with Gasteiger partial charge in [0.05, 0.1) is 7.11 Å². The minimum absolute atomic E-state index is 0.247. The van der Waals surface area contributed by atoms with Gasteiger partial charge in [-0.1, -0.05) is 17.8 Å². The number of thioether (sulfide) groups is 1. The van der Waals surface area contributed by atoms with Crippen molar-refractivity contribution in [2.75, 3.05) is 13.0 Å². The first kappa shape index (κ1) is 13.2. The molecule has 0 aliphatic heterocycles. The van der Waals surface area contributed by atoms with Crippen LogP contribution in [-0.4, -0.2) is 22.0 Å². The van der Waals surface area contributed by atoms with Crippen molar-refractivity contribution < 1.29 is 9.13 Å². The molecular formula is C13H15FN4OS. The Morgan fingerprint density at radius 3 is 2.90 bits per heavy atom. The molecule has 0 atom stereocenters. The van der Waals surface area contributed by atoms with Gasteiger partial charge < -0.3 is 10.6 Å². The molecule has 3 rings (SSSR count). The fourth-order valence-corrected chi connectivity index (χ4v) is 2.76. The summed E-state index contributed by atoms with van der Waals surface area (Å²) in [4.78, 5) is 0. The van der Waals surface area contributed by atoms with E-state index in [1.54, 1.807) is 10.7 Å². The summed E-state index contributed by atoms with van der Waals surface area (Å²) in [5.41, 5.74) is 0.851. The summed E-state index contributed by atoms with van der Waals surface area (Å²) in [7, 11) is 1.45. The highest BCUT2D eigenvalue weighted by molar-refractivity contribution is 7.98. The standard InChI is InChI=1S/C13H15FN4OS/c1-19-11-5-2-8(6-10(11)14)7-20-13-17-16-12(18(13)15)9-3-4-9/h2,5-6,9H,3-4,7,15H2,1H3. The van der Waals surface area contributed by atoms with Gasteiger partial charge >= 0.3 is 0 Å². The van der Waals surface area contributed by atoms with E-state index in [1.807, 2.05) is 6.07 Å². The van der Waals surface area contributed by atoms with Crippen molar-refractivity contribution in [1.82, 2.24) is 14.9 Å². The number of ether oxygens (including phenoxy) is 1. The summed E-state index contributed by atoms with van der Waals surface area (Å²) in [6, 6.07) is 4.91. The molecule has 1 heterocycles. The zero-order chi connectivity index (χ0) is 14.1. The van der Waals surface area contributed by atoms with Gasteiger partial charge in [-0.3, -0.25) is 0 Å². The van der Waals surface area contributed by atoms with Gasteiger partial charge in [0.2, 0.25) is 5.16 Å². The van der Waals surface area contributed by atoms with Crippen LogP contribution in [0.15, 0.2) is 23.4 Å². The number of nitrogen functional groups attached to an aromatic ring is 1. The Bertz CT molecular complexity index is 627. The maximum atomic E-state index is 13.6. The van der Waals surface area contributed by atoms with E-state index in [4.69, 9.17) is 10.6 Å². The summed E-state index contributed by atoms with van der Waals surface area (Å²) >= 11 is 1.45. The van der Waals surface area contributed by atoms with Gasteiger partial charge in [0.25, 0.3) is 0 Å². The third-order valence-electron chi connectivity index (χ3n) is 3.22. The monoisotopic (exact) mass is 294 g/mol. The minimum Gasteiger partial charge on any atom is -0.494 e. The first-order valence-electron chi connectivity index (χ1n) is 6.34. The van der Waals surface area contributed by atoms with E-state index < -0.39 is 0 Å². The van der Waals surface area contributed by atoms with Crippen LogP contribution in [0, 0.1) is 5.82 Å². The van der Waals surface area contributed by atoms with Crippen molar-refractivity contribution in [1.29, 1.82) is 0 Å². The van der Waals surface area contributed by atoms with Crippen molar-refractivity contribution in [3.8, 4) is 5.75 Å². The van der Waals surface area contributed by atoms with Crippen LogP contribution in [0.5, 0.6) is 5.75 Å². The molecule has 1 saturated carbocycles. The van der Waals surface area contributed by atoms with Crippen molar-refractivity contribution in [2.24, 2.45) is 0 Å². The van der Waals surface area contributed by atoms with E-state index in [0.29, 0.717) is 16.8 Å². The Hall–Kier alpha value is -1.76. The molecule has 106 valence electrons. The average molecular weight is 294 g/mol. The molecule has 1 fully saturated rings. The number of benzene rings is 1. The minimum atomic E-state index is -0.363. The lowest BCUT2D eigenvalue weighted by atomic mass is 10.2. The van der Waals surface area contributed by atoms with Crippen LogP contribution in [0.4, 0.5) is 4.39 Å². The summed E-state index contributed by atoms with van der Waals surface area (Å²) < 4.78 is 20.0. The third-order valence-corrected chi connectivity index (χ3v) is 4.23. The lowest BCUT2D eigenvalue weighted by Crippen LogP contribution is -2.13. The highest BCUT2D eigenvalue weighted by Gasteiger charge is 2.29. The van der Waals surface area contributed by atoms with Gasteiger partial charge in [-0.05, 0) is 30.5 Å². The fourth-order valence-electron chi connectivity index (χ4n) is 1.95. The van der Waals surface area contributed by atoms with Crippen LogP contribution < -0.4 is 10.6 Å². The van der Waals surface area contributed by atoms with E-state index in [9.17, 15) is 4.39 Å². The number of nitrogens with two attached hydrogens (primary N) is 1. The van der Waals surface area contributed by atoms with Crippen molar-refractivity contribution in [2.45, 2.75) is 29.7 Å². The molecule has 20 heavy (non-hydrogen) atoms. The summed E-state index contributed by atoms with van der Waals surface area (Å²) in [6.45, 7) is 0. The zero-order valence-electron chi connectivity index (χ0n) is 11.0. The lowest BCUT2D eigenvalue weighted by Gasteiger charge is -2.05. The maximum absolute atomic E-state index is 13.6. The Balaban J connectivity index is 1.68. The Morgan fingerprint density at radius 1 is 1.45 bits per heavy atom. The molecule has 0 amide bonds. The van der Waals surface area contributed by atoms with Crippen molar-refractivity contribution in [3.63, 3.8) is 0 Å². The SMILES string of the molecule is COc1ccc(CSc2nnc(C3CC3)n2N)cc1F. The topological polar surface area (TPSA) is 66.0 Å². The highest BCUT2D eigenvalue weighted by Crippen LogP contribution is 2.39. The molecule has 0 spiro atoms. The van der Waals surface area contributed by atoms with E-state index in [0.717, 1.165) is 24.2 Å².